The van der Waals surface area contributed by atoms with E-state index in [0.29, 0.717) is 18.4 Å². The molecule has 0 aliphatic carbocycles. The number of pyridine rings is 1. The fourth-order valence-electron chi connectivity index (χ4n) is 3.60. The summed E-state index contributed by atoms with van der Waals surface area (Å²) in [4.78, 5) is 6.71. The molecule has 0 bridgehead atoms. The first kappa shape index (κ1) is 21.3. The maximum atomic E-state index is 6.17. The number of rotatable bonds is 8. The van der Waals surface area contributed by atoms with E-state index >= 15 is 0 Å². The van der Waals surface area contributed by atoms with Crippen molar-refractivity contribution in [3.63, 3.8) is 0 Å². The van der Waals surface area contributed by atoms with Crippen LogP contribution in [0.4, 0.5) is 0 Å². The normalized spacial score (nSPS) is 14.7. The summed E-state index contributed by atoms with van der Waals surface area (Å²) in [6.45, 7) is 8.61. The SMILES string of the molecule is COc1ncccc1-c1ccc(OCc2cc(C(C)C)no2)c(CN2CCOCC2)c1. The van der Waals surface area contributed by atoms with Crippen LogP contribution in [-0.2, 0) is 17.9 Å². The van der Waals surface area contributed by atoms with Crippen LogP contribution in [0, 0.1) is 0 Å². The van der Waals surface area contributed by atoms with Crippen molar-refractivity contribution < 1.29 is 18.7 Å². The summed E-state index contributed by atoms with van der Waals surface area (Å²) in [7, 11) is 1.64. The van der Waals surface area contributed by atoms with Crippen LogP contribution in [0.25, 0.3) is 11.1 Å². The Balaban J connectivity index is 1.59. The van der Waals surface area contributed by atoms with Crippen molar-refractivity contribution in [3.05, 3.63) is 59.6 Å². The first-order valence-electron chi connectivity index (χ1n) is 10.6. The third-order valence-electron chi connectivity index (χ3n) is 5.37. The minimum Gasteiger partial charge on any atom is -0.485 e. The van der Waals surface area contributed by atoms with Gasteiger partial charge in [-0.05, 0) is 35.7 Å². The fraction of sp³-hybridized carbons (Fsp3) is 0.417. The molecule has 0 radical (unpaired) electrons. The predicted molar refractivity (Wildman–Crippen MR) is 117 cm³/mol. The molecule has 4 rings (SSSR count). The summed E-state index contributed by atoms with van der Waals surface area (Å²) in [5.41, 5.74) is 4.04. The highest BCUT2D eigenvalue weighted by atomic mass is 16.5. The monoisotopic (exact) mass is 423 g/mol. The lowest BCUT2D eigenvalue weighted by molar-refractivity contribution is 0.0337. The molecule has 31 heavy (non-hydrogen) atoms. The number of aromatic nitrogens is 2. The lowest BCUT2D eigenvalue weighted by atomic mass is 10.0. The summed E-state index contributed by atoms with van der Waals surface area (Å²) < 4.78 is 22.6. The Morgan fingerprint density at radius 1 is 1.13 bits per heavy atom. The highest BCUT2D eigenvalue weighted by molar-refractivity contribution is 5.70. The predicted octanol–water partition coefficient (Wildman–Crippen LogP) is 4.28. The number of hydrogen-bond donors (Lipinski definition) is 0. The van der Waals surface area contributed by atoms with Gasteiger partial charge in [-0.1, -0.05) is 25.1 Å². The van der Waals surface area contributed by atoms with Crippen LogP contribution >= 0.6 is 0 Å². The zero-order chi connectivity index (χ0) is 21.6. The topological polar surface area (TPSA) is 69.9 Å². The van der Waals surface area contributed by atoms with Crippen molar-refractivity contribution in [2.45, 2.75) is 32.9 Å². The van der Waals surface area contributed by atoms with Crippen LogP contribution in [0.3, 0.4) is 0 Å². The van der Waals surface area contributed by atoms with Gasteiger partial charge in [0.1, 0.15) is 12.4 Å². The van der Waals surface area contributed by atoms with Crippen molar-refractivity contribution >= 4 is 0 Å². The molecular weight excluding hydrogens is 394 g/mol. The van der Waals surface area contributed by atoms with Crippen LogP contribution in [0.15, 0.2) is 47.1 Å². The molecule has 0 spiro atoms. The van der Waals surface area contributed by atoms with Crippen molar-refractivity contribution in [2.75, 3.05) is 33.4 Å². The van der Waals surface area contributed by atoms with Crippen molar-refractivity contribution in [1.29, 1.82) is 0 Å². The van der Waals surface area contributed by atoms with Crippen molar-refractivity contribution in [3.8, 4) is 22.8 Å². The Kier molecular flexibility index (Phi) is 6.84. The smallest absolute Gasteiger partial charge is 0.221 e. The molecule has 1 fully saturated rings. The van der Waals surface area contributed by atoms with E-state index in [1.165, 1.54) is 0 Å². The van der Waals surface area contributed by atoms with Crippen molar-refractivity contribution in [2.24, 2.45) is 0 Å². The van der Waals surface area contributed by atoms with Crippen LogP contribution in [-0.4, -0.2) is 48.5 Å². The second kappa shape index (κ2) is 9.94. The zero-order valence-electron chi connectivity index (χ0n) is 18.3. The first-order chi connectivity index (χ1) is 15.1. The fourth-order valence-corrected chi connectivity index (χ4v) is 3.60. The third-order valence-corrected chi connectivity index (χ3v) is 5.37. The molecule has 3 heterocycles. The van der Waals surface area contributed by atoms with E-state index in [1.807, 2.05) is 30.3 Å². The summed E-state index contributed by atoms with van der Waals surface area (Å²) in [5.74, 6) is 2.49. The quantitative estimate of drug-likeness (QED) is 0.536. The van der Waals surface area contributed by atoms with Crippen LogP contribution in [0.2, 0.25) is 0 Å². The Bertz CT molecular complexity index is 996. The summed E-state index contributed by atoms with van der Waals surface area (Å²) >= 11 is 0. The minimum atomic E-state index is 0.322. The van der Waals surface area contributed by atoms with E-state index in [0.717, 1.165) is 66.7 Å². The Hall–Kier alpha value is -2.90. The molecule has 0 amide bonds. The number of methoxy groups -OCH3 is 1. The van der Waals surface area contributed by atoms with E-state index < -0.39 is 0 Å². The maximum Gasteiger partial charge on any atom is 0.221 e. The molecular formula is C24H29N3O4. The van der Waals surface area contributed by atoms with Gasteiger partial charge in [-0.2, -0.15) is 0 Å². The minimum absolute atomic E-state index is 0.322. The van der Waals surface area contributed by atoms with Gasteiger partial charge in [0.25, 0.3) is 0 Å². The first-order valence-corrected chi connectivity index (χ1v) is 10.6. The van der Waals surface area contributed by atoms with Gasteiger partial charge < -0.3 is 18.7 Å². The van der Waals surface area contributed by atoms with Gasteiger partial charge in [-0.3, -0.25) is 4.90 Å². The van der Waals surface area contributed by atoms with Gasteiger partial charge in [-0.15, -0.1) is 0 Å². The molecule has 3 aromatic rings. The average molecular weight is 424 g/mol. The molecule has 7 heteroatoms. The molecule has 2 aromatic heterocycles. The van der Waals surface area contributed by atoms with E-state index in [9.17, 15) is 0 Å². The Morgan fingerprint density at radius 3 is 2.71 bits per heavy atom. The van der Waals surface area contributed by atoms with Crippen molar-refractivity contribution in [1.82, 2.24) is 15.0 Å². The van der Waals surface area contributed by atoms with Gasteiger partial charge in [0.2, 0.25) is 5.88 Å². The molecule has 1 aromatic carbocycles. The Morgan fingerprint density at radius 2 is 1.97 bits per heavy atom. The van der Waals surface area contributed by atoms with Gasteiger partial charge >= 0.3 is 0 Å². The van der Waals surface area contributed by atoms with Gasteiger partial charge in [0, 0.05) is 43.0 Å². The standard InChI is InChI=1S/C24H29N3O4/c1-17(2)22-14-20(31-26-22)16-30-23-7-6-18(21-5-4-8-25-24(21)28-3)13-19(23)15-27-9-11-29-12-10-27/h4-8,13-14,17H,9-12,15-16H2,1-3H3. The van der Waals surface area contributed by atoms with Gasteiger partial charge in [0.15, 0.2) is 5.76 Å². The lowest BCUT2D eigenvalue weighted by Gasteiger charge is -2.27. The number of morpholine rings is 1. The number of benzene rings is 1. The van der Waals surface area contributed by atoms with Gasteiger partial charge in [-0.25, -0.2) is 4.98 Å². The van der Waals surface area contributed by atoms with Gasteiger partial charge in [0.05, 0.1) is 26.0 Å². The highest BCUT2D eigenvalue weighted by Crippen LogP contribution is 2.32. The zero-order valence-corrected chi connectivity index (χ0v) is 18.3. The lowest BCUT2D eigenvalue weighted by Crippen LogP contribution is -2.35. The number of nitrogens with zero attached hydrogens (tertiary/aromatic N) is 3. The molecule has 1 saturated heterocycles. The van der Waals surface area contributed by atoms with E-state index in [2.05, 4.69) is 35.0 Å². The average Bonchev–Trinajstić information content (AvgIpc) is 3.28. The molecule has 0 atom stereocenters. The molecule has 1 aliphatic heterocycles. The highest BCUT2D eigenvalue weighted by Gasteiger charge is 2.17. The number of hydrogen-bond acceptors (Lipinski definition) is 7. The second-order valence-corrected chi connectivity index (χ2v) is 7.93. The molecule has 0 saturated carbocycles. The van der Waals surface area contributed by atoms with E-state index in [1.54, 1.807) is 13.3 Å². The van der Waals surface area contributed by atoms with Crippen LogP contribution in [0.5, 0.6) is 11.6 Å². The molecule has 7 nitrogen and oxygen atoms in total. The third kappa shape index (κ3) is 5.24. The Labute approximate surface area is 182 Å². The second-order valence-electron chi connectivity index (χ2n) is 7.93. The summed E-state index contributed by atoms with van der Waals surface area (Å²) in [6, 6.07) is 12.1. The molecule has 0 unspecified atom stereocenters. The van der Waals surface area contributed by atoms with E-state index in [-0.39, 0.29) is 0 Å². The molecule has 164 valence electrons. The van der Waals surface area contributed by atoms with Crippen LogP contribution < -0.4 is 9.47 Å². The van der Waals surface area contributed by atoms with Crippen LogP contribution in [0.1, 0.15) is 36.8 Å². The largest absolute Gasteiger partial charge is 0.485 e. The maximum absolute atomic E-state index is 6.17. The molecule has 1 aliphatic rings. The number of ether oxygens (including phenoxy) is 3. The summed E-state index contributed by atoms with van der Waals surface area (Å²) in [6.07, 6.45) is 1.73. The summed E-state index contributed by atoms with van der Waals surface area (Å²) in [5, 5.41) is 4.12. The van der Waals surface area contributed by atoms with E-state index in [4.69, 9.17) is 18.7 Å². The molecule has 0 N–H and O–H groups in total.